The monoisotopic (exact) mass is 326 g/mol. The van der Waals surface area contributed by atoms with E-state index in [9.17, 15) is 19.8 Å². The number of rotatable bonds is 3. The largest absolute Gasteiger partial charge is 0.508 e. The Bertz CT molecular complexity index is 730. The van der Waals surface area contributed by atoms with Crippen LogP contribution < -0.4 is 4.90 Å². The summed E-state index contributed by atoms with van der Waals surface area (Å²) >= 11 is 0. The number of nitrogens with zero attached hydrogens (tertiary/aromatic N) is 2. The summed E-state index contributed by atoms with van der Waals surface area (Å²) in [6.07, 6.45) is 0.0950. The predicted octanol–water partition coefficient (Wildman–Crippen LogP) is 3.20. The summed E-state index contributed by atoms with van der Waals surface area (Å²) in [7, 11) is 0. The molecule has 0 aliphatic carbocycles. The first-order chi connectivity index (χ1) is 11.6. The highest BCUT2D eigenvalue weighted by Crippen LogP contribution is 2.30. The summed E-state index contributed by atoms with van der Waals surface area (Å²) in [4.78, 5) is 27.2. The molecule has 6 nitrogen and oxygen atoms in total. The number of benzene rings is 2. The number of hydrogen-bond donors (Lipinski definition) is 2. The minimum absolute atomic E-state index is 0.104. The summed E-state index contributed by atoms with van der Waals surface area (Å²) in [6.45, 7) is 0.365. The van der Waals surface area contributed by atoms with Gasteiger partial charge in [0.1, 0.15) is 11.8 Å². The zero-order valence-corrected chi connectivity index (χ0v) is 13.0. The fourth-order valence-electron chi connectivity index (χ4n) is 2.98. The first-order valence-electron chi connectivity index (χ1n) is 7.75. The van der Waals surface area contributed by atoms with Crippen molar-refractivity contribution in [2.45, 2.75) is 18.9 Å². The van der Waals surface area contributed by atoms with Gasteiger partial charge in [0.2, 0.25) is 0 Å². The van der Waals surface area contributed by atoms with Gasteiger partial charge in [-0.3, -0.25) is 14.6 Å². The van der Waals surface area contributed by atoms with Crippen LogP contribution in [0.5, 0.6) is 5.75 Å². The van der Waals surface area contributed by atoms with Crippen molar-refractivity contribution in [2.75, 3.05) is 11.4 Å². The van der Waals surface area contributed by atoms with Crippen LogP contribution in [-0.4, -0.2) is 39.7 Å². The Hall–Kier alpha value is -3.02. The van der Waals surface area contributed by atoms with Crippen LogP contribution in [0.15, 0.2) is 54.6 Å². The number of phenols is 1. The number of phenolic OH excluding ortho intramolecular Hbond substituents is 1. The molecular formula is C18H18N2O4. The zero-order valence-electron chi connectivity index (χ0n) is 13.0. The molecule has 2 aromatic carbocycles. The van der Waals surface area contributed by atoms with E-state index in [1.54, 1.807) is 24.3 Å². The SMILES string of the molecule is O=C(C1CCCN1C(=O)O)N(c1ccccc1)c1ccc(O)cc1. The number of aromatic hydroxyl groups is 1. The molecule has 2 amide bonds. The molecule has 1 saturated heterocycles. The van der Waals surface area contributed by atoms with Gasteiger partial charge in [0.05, 0.1) is 0 Å². The number of likely N-dealkylation sites (tertiary alicyclic amines) is 1. The van der Waals surface area contributed by atoms with Gasteiger partial charge in [0.15, 0.2) is 0 Å². The minimum atomic E-state index is -1.08. The molecule has 124 valence electrons. The molecule has 0 spiro atoms. The van der Waals surface area contributed by atoms with Gasteiger partial charge >= 0.3 is 6.09 Å². The van der Waals surface area contributed by atoms with Crippen molar-refractivity contribution in [3.05, 3.63) is 54.6 Å². The molecule has 0 bridgehead atoms. The van der Waals surface area contributed by atoms with Crippen LogP contribution >= 0.6 is 0 Å². The Morgan fingerprint density at radius 2 is 1.62 bits per heavy atom. The lowest BCUT2D eigenvalue weighted by molar-refractivity contribution is -0.121. The number of carboxylic acid groups (broad SMARTS) is 1. The van der Waals surface area contributed by atoms with Crippen LogP contribution in [0, 0.1) is 0 Å². The normalized spacial score (nSPS) is 16.8. The number of anilines is 2. The van der Waals surface area contributed by atoms with Gasteiger partial charge in [-0.25, -0.2) is 4.79 Å². The minimum Gasteiger partial charge on any atom is -0.508 e. The van der Waals surface area contributed by atoms with Gasteiger partial charge in [-0.15, -0.1) is 0 Å². The molecule has 2 N–H and O–H groups in total. The molecule has 1 aliphatic rings. The first kappa shape index (κ1) is 15.9. The van der Waals surface area contributed by atoms with E-state index in [1.165, 1.54) is 21.9 Å². The number of hydrogen-bond acceptors (Lipinski definition) is 3. The lowest BCUT2D eigenvalue weighted by atomic mass is 10.1. The van der Waals surface area contributed by atoms with Crippen molar-refractivity contribution < 1.29 is 19.8 Å². The molecule has 1 heterocycles. The smallest absolute Gasteiger partial charge is 0.407 e. The average Bonchev–Trinajstić information content (AvgIpc) is 3.08. The molecule has 0 aromatic heterocycles. The Labute approximate surface area is 139 Å². The Morgan fingerprint density at radius 1 is 1.00 bits per heavy atom. The Kier molecular flexibility index (Phi) is 4.37. The predicted molar refractivity (Wildman–Crippen MR) is 89.4 cm³/mol. The third-order valence-electron chi connectivity index (χ3n) is 4.13. The van der Waals surface area contributed by atoms with E-state index in [2.05, 4.69) is 0 Å². The molecule has 0 radical (unpaired) electrons. The second kappa shape index (κ2) is 6.62. The van der Waals surface area contributed by atoms with Crippen molar-refractivity contribution in [2.24, 2.45) is 0 Å². The molecule has 1 unspecified atom stereocenters. The summed E-state index contributed by atoms with van der Waals surface area (Å²) in [5.41, 5.74) is 1.24. The van der Waals surface area contributed by atoms with Crippen LogP contribution in [0.4, 0.5) is 16.2 Å². The maximum atomic E-state index is 13.1. The fourth-order valence-corrected chi connectivity index (χ4v) is 2.98. The van der Waals surface area contributed by atoms with E-state index in [-0.39, 0.29) is 11.7 Å². The molecule has 0 saturated carbocycles. The first-order valence-corrected chi connectivity index (χ1v) is 7.75. The molecule has 6 heteroatoms. The average molecular weight is 326 g/mol. The summed E-state index contributed by atoms with van der Waals surface area (Å²) in [5, 5.41) is 18.8. The number of amides is 2. The second-order valence-corrected chi connectivity index (χ2v) is 5.66. The quantitative estimate of drug-likeness (QED) is 0.907. The van der Waals surface area contributed by atoms with Gasteiger partial charge in [0, 0.05) is 17.9 Å². The second-order valence-electron chi connectivity index (χ2n) is 5.66. The molecule has 1 aliphatic heterocycles. The maximum Gasteiger partial charge on any atom is 0.407 e. The molecule has 3 rings (SSSR count). The van der Waals surface area contributed by atoms with Gasteiger partial charge in [0.25, 0.3) is 5.91 Å². The van der Waals surface area contributed by atoms with Crippen molar-refractivity contribution in [3.63, 3.8) is 0 Å². The zero-order chi connectivity index (χ0) is 17.1. The number of para-hydroxylation sites is 1. The van der Waals surface area contributed by atoms with E-state index < -0.39 is 12.1 Å². The van der Waals surface area contributed by atoms with Crippen molar-refractivity contribution in [3.8, 4) is 5.75 Å². The lowest BCUT2D eigenvalue weighted by Crippen LogP contribution is -2.46. The van der Waals surface area contributed by atoms with Crippen molar-refractivity contribution in [1.82, 2.24) is 4.90 Å². The van der Waals surface area contributed by atoms with Crippen LogP contribution in [0.25, 0.3) is 0 Å². The summed E-state index contributed by atoms with van der Waals surface area (Å²) in [5.74, 6) is -0.181. The van der Waals surface area contributed by atoms with Crippen LogP contribution in [0.3, 0.4) is 0 Å². The fraction of sp³-hybridized carbons (Fsp3) is 0.222. The number of carbonyl (C=O) groups is 2. The molecule has 1 fully saturated rings. The highest BCUT2D eigenvalue weighted by atomic mass is 16.4. The Balaban J connectivity index is 2.00. The van der Waals surface area contributed by atoms with Gasteiger partial charge in [-0.05, 0) is 49.2 Å². The van der Waals surface area contributed by atoms with Gasteiger partial charge in [-0.2, -0.15) is 0 Å². The van der Waals surface area contributed by atoms with Crippen LogP contribution in [0.1, 0.15) is 12.8 Å². The summed E-state index contributed by atoms with van der Waals surface area (Å²) < 4.78 is 0. The Morgan fingerprint density at radius 3 is 2.25 bits per heavy atom. The summed E-state index contributed by atoms with van der Waals surface area (Å²) in [6, 6.07) is 14.7. The van der Waals surface area contributed by atoms with Crippen LogP contribution in [-0.2, 0) is 4.79 Å². The molecule has 2 aromatic rings. The van der Waals surface area contributed by atoms with Crippen molar-refractivity contribution >= 4 is 23.4 Å². The van der Waals surface area contributed by atoms with Crippen LogP contribution in [0.2, 0.25) is 0 Å². The lowest BCUT2D eigenvalue weighted by Gasteiger charge is -2.29. The maximum absolute atomic E-state index is 13.1. The van der Waals surface area contributed by atoms with E-state index in [1.807, 2.05) is 18.2 Å². The third kappa shape index (κ3) is 3.03. The topological polar surface area (TPSA) is 81.1 Å². The highest BCUT2D eigenvalue weighted by molar-refractivity contribution is 6.04. The van der Waals surface area contributed by atoms with E-state index in [0.29, 0.717) is 30.8 Å². The molecular weight excluding hydrogens is 308 g/mol. The third-order valence-corrected chi connectivity index (χ3v) is 4.13. The van der Waals surface area contributed by atoms with Gasteiger partial charge in [-0.1, -0.05) is 18.2 Å². The number of carbonyl (C=O) groups excluding carboxylic acids is 1. The standard InChI is InChI=1S/C18H18N2O4/c21-15-10-8-14(9-11-15)20(13-5-2-1-3-6-13)17(22)16-7-4-12-19(16)18(23)24/h1-3,5-6,8-11,16,21H,4,7,12H2,(H,23,24). The highest BCUT2D eigenvalue weighted by Gasteiger charge is 2.37. The van der Waals surface area contributed by atoms with E-state index in [4.69, 9.17) is 0 Å². The van der Waals surface area contributed by atoms with Gasteiger partial charge < -0.3 is 10.2 Å². The van der Waals surface area contributed by atoms with E-state index >= 15 is 0 Å². The molecule has 24 heavy (non-hydrogen) atoms. The van der Waals surface area contributed by atoms with Crippen molar-refractivity contribution in [1.29, 1.82) is 0 Å². The van der Waals surface area contributed by atoms with E-state index in [0.717, 1.165) is 0 Å². The molecule has 1 atom stereocenters.